The molecule has 4 nitrogen and oxygen atoms in total. The summed E-state index contributed by atoms with van der Waals surface area (Å²) in [4.78, 5) is 22.7. The lowest BCUT2D eigenvalue weighted by molar-refractivity contribution is -0.0326. The fraction of sp³-hybridized carbons (Fsp3) is 0.400. The van der Waals surface area contributed by atoms with Crippen LogP contribution in [0.15, 0.2) is 40.4 Å². The first-order chi connectivity index (χ1) is 11.3. The topological polar surface area (TPSA) is 45.6 Å². The molecule has 9 heteroatoms. The third kappa shape index (κ3) is 6.56. The minimum Gasteiger partial charge on any atom is -0.295 e. The van der Waals surface area contributed by atoms with E-state index >= 15 is 0 Å². The standard InChI is InChI=1S/C15H18F3N3OS2/c1-4-23-11-7-5-9-20-13(11)14(22)21(3)12(19-2)8-6-10-24-15(16,17)18/h5-9H,4,10H2,1-3H3/b8-6-,19-12?. The van der Waals surface area contributed by atoms with Crippen LogP contribution in [0.5, 0.6) is 0 Å². The molecule has 0 bridgehead atoms. The highest BCUT2D eigenvalue weighted by atomic mass is 32.2. The van der Waals surface area contributed by atoms with E-state index < -0.39 is 5.51 Å². The van der Waals surface area contributed by atoms with Crippen LogP contribution in [0.25, 0.3) is 0 Å². The van der Waals surface area contributed by atoms with Crippen molar-refractivity contribution in [2.45, 2.75) is 17.3 Å². The first kappa shape index (κ1) is 20.6. The number of carbonyl (C=O) groups excluding carboxylic acids is 1. The number of hydrogen-bond acceptors (Lipinski definition) is 5. The van der Waals surface area contributed by atoms with Gasteiger partial charge in [0.25, 0.3) is 5.91 Å². The number of carbonyl (C=O) groups is 1. The normalized spacial score (nSPS) is 12.7. The van der Waals surface area contributed by atoms with Crippen molar-refractivity contribution < 1.29 is 18.0 Å². The summed E-state index contributed by atoms with van der Waals surface area (Å²) in [6.45, 7) is 1.97. The number of aliphatic imine (C=N–C) groups is 1. The molecule has 0 aliphatic carbocycles. The quantitative estimate of drug-likeness (QED) is 0.425. The number of hydrogen-bond donors (Lipinski definition) is 0. The molecule has 0 spiro atoms. The molecule has 0 fully saturated rings. The number of thioether (sulfide) groups is 2. The lowest BCUT2D eigenvalue weighted by Crippen LogP contribution is -2.33. The third-order valence-corrected chi connectivity index (χ3v) is 4.38. The number of rotatable bonds is 6. The highest BCUT2D eigenvalue weighted by Gasteiger charge is 2.27. The second kappa shape index (κ2) is 9.73. The van der Waals surface area contributed by atoms with Gasteiger partial charge in [-0.1, -0.05) is 13.0 Å². The largest absolute Gasteiger partial charge is 0.442 e. The van der Waals surface area contributed by atoms with Crippen LogP contribution in [0.3, 0.4) is 0 Å². The van der Waals surface area contributed by atoms with E-state index in [1.165, 1.54) is 49.1 Å². The van der Waals surface area contributed by atoms with Crippen LogP contribution in [0, 0.1) is 0 Å². The molecular weight excluding hydrogens is 359 g/mol. The van der Waals surface area contributed by atoms with Crippen molar-refractivity contribution in [3.05, 3.63) is 36.2 Å². The number of likely N-dealkylation sites (N-methyl/N-ethyl adjacent to an activating group) is 1. The summed E-state index contributed by atoms with van der Waals surface area (Å²) in [5, 5.41) is 0. The van der Waals surface area contributed by atoms with E-state index in [0.29, 0.717) is 5.69 Å². The van der Waals surface area contributed by atoms with E-state index in [2.05, 4.69) is 9.98 Å². The molecule has 24 heavy (non-hydrogen) atoms. The van der Waals surface area contributed by atoms with Gasteiger partial charge in [0.1, 0.15) is 11.5 Å². The van der Waals surface area contributed by atoms with Crippen LogP contribution in [-0.4, -0.2) is 52.7 Å². The zero-order chi connectivity index (χ0) is 18.2. The Bertz CT molecular complexity index is 618. The van der Waals surface area contributed by atoms with E-state index in [-0.39, 0.29) is 29.3 Å². The summed E-state index contributed by atoms with van der Waals surface area (Å²) in [5.74, 6) is 0.450. The van der Waals surface area contributed by atoms with Gasteiger partial charge in [-0.3, -0.25) is 14.7 Å². The molecule has 0 aromatic carbocycles. The van der Waals surface area contributed by atoms with Gasteiger partial charge < -0.3 is 0 Å². The van der Waals surface area contributed by atoms with Crippen molar-refractivity contribution in [1.29, 1.82) is 0 Å². The molecule has 1 aromatic heterocycles. The predicted octanol–water partition coefficient (Wildman–Crippen LogP) is 4.10. The molecule has 0 aliphatic heterocycles. The Kier molecular flexibility index (Phi) is 8.34. The summed E-state index contributed by atoms with van der Waals surface area (Å²) >= 11 is 1.35. The maximum absolute atomic E-state index is 12.6. The van der Waals surface area contributed by atoms with Gasteiger partial charge in [0, 0.05) is 30.9 Å². The molecule has 0 atom stereocenters. The molecule has 1 rings (SSSR count). The van der Waals surface area contributed by atoms with E-state index in [9.17, 15) is 18.0 Å². The van der Waals surface area contributed by atoms with Crippen LogP contribution in [-0.2, 0) is 0 Å². The smallest absolute Gasteiger partial charge is 0.295 e. The fourth-order valence-electron chi connectivity index (χ4n) is 1.72. The van der Waals surface area contributed by atoms with Crippen LogP contribution in [0.1, 0.15) is 17.4 Å². The number of halogens is 3. The minimum absolute atomic E-state index is 0.149. The number of aromatic nitrogens is 1. The van der Waals surface area contributed by atoms with Crippen LogP contribution in [0.2, 0.25) is 0 Å². The van der Waals surface area contributed by atoms with Gasteiger partial charge in [-0.2, -0.15) is 13.2 Å². The van der Waals surface area contributed by atoms with E-state index in [0.717, 1.165) is 10.6 Å². The lowest BCUT2D eigenvalue weighted by atomic mass is 10.3. The molecular formula is C15H18F3N3OS2. The van der Waals surface area contributed by atoms with E-state index in [1.807, 2.05) is 6.92 Å². The van der Waals surface area contributed by atoms with Crippen molar-refractivity contribution in [1.82, 2.24) is 9.88 Å². The average Bonchev–Trinajstić information content (AvgIpc) is 2.53. The minimum atomic E-state index is -4.28. The van der Waals surface area contributed by atoms with Crippen molar-refractivity contribution in [2.75, 3.05) is 25.6 Å². The molecule has 0 unspecified atom stereocenters. The van der Waals surface area contributed by atoms with Gasteiger partial charge in [0.05, 0.1) is 0 Å². The van der Waals surface area contributed by atoms with Gasteiger partial charge >= 0.3 is 5.51 Å². The lowest BCUT2D eigenvalue weighted by Gasteiger charge is -2.17. The van der Waals surface area contributed by atoms with Crippen molar-refractivity contribution in [3.8, 4) is 0 Å². The Labute approximate surface area is 147 Å². The second-order valence-electron chi connectivity index (χ2n) is 4.39. The van der Waals surface area contributed by atoms with Gasteiger partial charge in [-0.15, -0.1) is 11.8 Å². The zero-order valence-corrected chi connectivity index (χ0v) is 15.1. The zero-order valence-electron chi connectivity index (χ0n) is 13.5. The summed E-state index contributed by atoms with van der Waals surface area (Å²) in [6, 6.07) is 3.55. The molecule has 1 aromatic rings. The Hall–Kier alpha value is -1.48. The highest BCUT2D eigenvalue weighted by Crippen LogP contribution is 2.29. The average molecular weight is 377 g/mol. The van der Waals surface area contributed by atoms with E-state index in [4.69, 9.17) is 0 Å². The Morgan fingerprint density at radius 1 is 1.46 bits per heavy atom. The molecule has 132 valence electrons. The molecule has 0 radical (unpaired) electrons. The number of alkyl halides is 3. The van der Waals surface area contributed by atoms with E-state index in [1.54, 1.807) is 12.1 Å². The fourth-order valence-corrected chi connectivity index (χ4v) is 2.86. The van der Waals surface area contributed by atoms with Crippen molar-refractivity contribution in [2.24, 2.45) is 4.99 Å². The summed E-state index contributed by atoms with van der Waals surface area (Å²) in [5.41, 5.74) is -3.98. The van der Waals surface area contributed by atoms with Gasteiger partial charge in [-0.25, -0.2) is 4.98 Å². The van der Waals surface area contributed by atoms with Crippen LogP contribution >= 0.6 is 23.5 Å². The summed E-state index contributed by atoms with van der Waals surface area (Å²) in [7, 11) is 2.99. The molecule has 1 heterocycles. The first-order valence-corrected chi connectivity index (χ1v) is 8.97. The number of amidine groups is 1. The highest BCUT2D eigenvalue weighted by molar-refractivity contribution is 8.00. The van der Waals surface area contributed by atoms with Gasteiger partial charge in [0.2, 0.25) is 0 Å². The van der Waals surface area contributed by atoms with Crippen LogP contribution < -0.4 is 0 Å². The Morgan fingerprint density at radius 3 is 2.75 bits per heavy atom. The van der Waals surface area contributed by atoms with Crippen LogP contribution in [0.4, 0.5) is 13.2 Å². The predicted molar refractivity (Wildman–Crippen MR) is 93.7 cm³/mol. The summed E-state index contributed by atoms with van der Waals surface area (Å²) < 4.78 is 36.3. The second-order valence-corrected chi connectivity index (χ2v) is 6.78. The molecule has 0 aliphatic rings. The maximum Gasteiger partial charge on any atom is 0.442 e. The molecule has 1 amide bonds. The van der Waals surface area contributed by atoms with Crippen molar-refractivity contribution in [3.63, 3.8) is 0 Å². The Balaban J connectivity index is 2.84. The third-order valence-electron chi connectivity index (χ3n) is 2.76. The maximum atomic E-state index is 12.6. The number of nitrogens with zero attached hydrogens (tertiary/aromatic N) is 3. The number of pyridine rings is 1. The Morgan fingerprint density at radius 2 is 2.17 bits per heavy atom. The monoisotopic (exact) mass is 377 g/mol. The first-order valence-electron chi connectivity index (χ1n) is 7.00. The van der Waals surface area contributed by atoms with Gasteiger partial charge in [-0.05, 0) is 35.7 Å². The summed E-state index contributed by atoms with van der Waals surface area (Å²) in [6.07, 6.45) is 4.25. The SMILES string of the molecule is CCSc1cccnc1C(=O)N(C)C(/C=C\CSC(F)(F)F)=NC. The molecule has 0 N–H and O–H groups in total. The number of amides is 1. The molecule has 0 saturated heterocycles. The molecule has 0 saturated carbocycles. The van der Waals surface area contributed by atoms with Crippen molar-refractivity contribution >= 4 is 35.3 Å². The van der Waals surface area contributed by atoms with Gasteiger partial charge in [0.15, 0.2) is 0 Å².